The lowest BCUT2D eigenvalue weighted by Crippen LogP contribution is -2.19. The quantitative estimate of drug-likeness (QED) is 0.740. The van der Waals surface area contributed by atoms with Gasteiger partial charge < -0.3 is 19.7 Å². The Morgan fingerprint density at radius 2 is 2.24 bits per heavy atom. The van der Waals surface area contributed by atoms with Crippen molar-refractivity contribution in [2.24, 2.45) is 0 Å². The van der Waals surface area contributed by atoms with Gasteiger partial charge >= 0.3 is 11.9 Å². The van der Waals surface area contributed by atoms with Gasteiger partial charge in [-0.3, -0.25) is 0 Å². The van der Waals surface area contributed by atoms with Crippen molar-refractivity contribution in [3.8, 4) is 11.5 Å². The van der Waals surface area contributed by atoms with E-state index in [9.17, 15) is 14.7 Å². The van der Waals surface area contributed by atoms with Crippen LogP contribution in [0.15, 0.2) is 6.07 Å². The van der Waals surface area contributed by atoms with Crippen LogP contribution in [0.4, 0.5) is 0 Å². The summed E-state index contributed by atoms with van der Waals surface area (Å²) >= 11 is 0. The summed E-state index contributed by atoms with van der Waals surface area (Å²) in [5.74, 6) is -2.64. The van der Waals surface area contributed by atoms with Gasteiger partial charge in [-0.2, -0.15) is 0 Å². The van der Waals surface area contributed by atoms with Crippen molar-refractivity contribution in [2.45, 2.75) is 6.42 Å². The van der Waals surface area contributed by atoms with Gasteiger partial charge in [0.2, 0.25) is 0 Å². The molecule has 0 aromatic heterocycles. The summed E-state index contributed by atoms with van der Waals surface area (Å²) < 4.78 is 9.66. The van der Waals surface area contributed by atoms with Gasteiger partial charge in [-0.25, -0.2) is 9.59 Å². The smallest absolute Gasteiger partial charge is 0.343 e. The van der Waals surface area contributed by atoms with E-state index in [-0.39, 0.29) is 17.9 Å². The number of hydrogen-bond donors (Lipinski definition) is 2. The number of fused-ring (bicyclic) bond motifs is 1. The molecule has 0 saturated carbocycles. The zero-order valence-corrected chi connectivity index (χ0v) is 9.02. The van der Waals surface area contributed by atoms with Crippen molar-refractivity contribution in [1.29, 1.82) is 0 Å². The molecule has 0 atom stereocenters. The molecular formula is C11H10O6. The van der Waals surface area contributed by atoms with Crippen LogP contribution >= 0.6 is 0 Å². The number of hydrogen-bond acceptors (Lipinski definition) is 5. The van der Waals surface area contributed by atoms with Crippen molar-refractivity contribution in [3.05, 3.63) is 22.8 Å². The molecule has 1 aromatic carbocycles. The molecule has 2 rings (SSSR count). The maximum Gasteiger partial charge on any atom is 0.343 e. The van der Waals surface area contributed by atoms with Gasteiger partial charge in [0.15, 0.2) is 0 Å². The standard InChI is InChI=1S/C11H10O6/c1-16-6-4-5-2-3-17-11(15)7(5)9(12)8(6)10(13)14/h4,12H,2-3H2,1H3,(H,13,14). The van der Waals surface area contributed by atoms with Crippen molar-refractivity contribution >= 4 is 11.9 Å². The molecule has 0 saturated heterocycles. The molecule has 2 N–H and O–H groups in total. The molecule has 17 heavy (non-hydrogen) atoms. The largest absolute Gasteiger partial charge is 0.506 e. The van der Waals surface area contributed by atoms with Gasteiger partial charge in [-0.15, -0.1) is 0 Å². The van der Waals surface area contributed by atoms with E-state index in [4.69, 9.17) is 14.6 Å². The molecule has 6 heteroatoms. The topological polar surface area (TPSA) is 93.1 Å². The van der Waals surface area contributed by atoms with Crippen LogP contribution in [0.1, 0.15) is 26.3 Å². The minimum Gasteiger partial charge on any atom is -0.506 e. The third kappa shape index (κ3) is 1.67. The van der Waals surface area contributed by atoms with E-state index in [1.165, 1.54) is 13.2 Å². The van der Waals surface area contributed by atoms with Crippen molar-refractivity contribution in [1.82, 2.24) is 0 Å². The Hall–Kier alpha value is -2.24. The number of ether oxygens (including phenoxy) is 2. The fraction of sp³-hybridized carbons (Fsp3) is 0.273. The fourth-order valence-corrected chi connectivity index (χ4v) is 1.81. The molecule has 0 aliphatic carbocycles. The normalized spacial score (nSPS) is 13.8. The number of esters is 1. The Balaban J connectivity index is 2.73. The summed E-state index contributed by atoms with van der Waals surface area (Å²) in [4.78, 5) is 22.5. The molecule has 0 unspecified atom stereocenters. The fourth-order valence-electron chi connectivity index (χ4n) is 1.81. The predicted octanol–water partition coefficient (Wildman–Crippen LogP) is 0.812. The second-order valence-corrected chi connectivity index (χ2v) is 3.53. The van der Waals surface area contributed by atoms with Crippen LogP contribution in [0.2, 0.25) is 0 Å². The van der Waals surface area contributed by atoms with E-state index < -0.39 is 23.3 Å². The highest BCUT2D eigenvalue weighted by Gasteiger charge is 2.29. The monoisotopic (exact) mass is 238 g/mol. The number of rotatable bonds is 2. The highest BCUT2D eigenvalue weighted by Crippen LogP contribution is 2.36. The van der Waals surface area contributed by atoms with Gasteiger partial charge in [-0.1, -0.05) is 0 Å². The van der Waals surface area contributed by atoms with Gasteiger partial charge in [0.1, 0.15) is 22.6 Å². The van der Waals surface area contributed by atoms with Crippen LogP contribution in [-0.4, -0.2) is 35.9 Å². The molecule has 0 spiro atoms. The van der Waals surface area contributed by atoms with Crippen LogP contribution in [0.5, 0.6) is 11.5 Å². The van der Waals surface area contributed by atoms with Gasteiger partial charge in [0.25, 0.3) is 0 Å². The Morgan fingerprint density at radius 3 is 2.82 bits per heavy atom. The highest BCUT2D eigenvalue weighted by atomic mass is 16.5. The average Bonchev–Trinajstić information content (AvgIpc) is 2.27. The Bertz CT molecular complexity index is 491. The van der Waals surface area contributed by atoms with E-state index in [2.05, 4.69) is 0 Å². The molecule has 1 aromatic rings. The average molecular weight is 238 g/mol. The van der Waals surface area contributed by atoms with Crippen LogP contribution in [0, 0.1) is 0 Å². The summed E-state index contributed by atoms with van der Waals surface area (Å²) in [6, 6.07) is 1.44. The van der Waals surface area contributed by atoms with Crippen LogP contribution in [-0.2, 0) is 11.2 Å². The Labute approximate surface area is 96.4 Å². The number of carboxylic acids is 1. The minimum absolute atomic E-state index is 0.0310. The first-order chi connectivity index (χ1) is 8.06. The number of carboxylic acid groups (broad SMARTS) is 1. The van der Waals surface area contributed by atoms with Crippen molar-refractivity contribution in [3.63, 3.8) is 0 Å². The summed E-state index contributed by atoms with van der Waals surface area (Å²) in [5.41, 5.74) is 0.0140. The van der Waals surface area contributed by atoms with E-state index in [1.54, 1.807) is 0 Å². The lowest BCUT2D eigenvalue weighted by Gasteiger charge is -2.19. The molecule has 1 heterocycles. The minimum atomic E-state index is -1.36. The third-order valence-electron chi connectivity index (χ3n) is 2.59. The highest BCUT2D eigenvalue weighted by molar-refractivity contribution is 6.02. The molecule has 90 valence electrons. The molecule has 0 radical (unpaired) electrons. The first-order valence-corrected chi connectivity index (χ1v) is 4.89. The van der Waals surface area contributed by atoms with Crippen LogP contribution < -0.4 is 4.74 Å². The molecule has 6 nitrogen and oxygen atoms in total. The molecular weight excluding hydrogens is 228 g/mol. The van der Waals surface area contributed by atoms with Crippen molar-refractivity contribution < 1.29 is 29.3 Å². The zero-order valence-electron chi connectivity index (χ0n) is 9.02. The van der Waals surface area contributed by atoms with E-state index in [0.29, 0.717) is 12.0 Å². The van der Waals surface area contributed by atoms with Gasteiger partial charge in [-0.05, 0) is 11.6 Å². The summed E-state index contributed by atoms with van der Waals surface area (Å²) in [6.45, 7) is 0.209. The number of benzene rings is 1. The summed E-state index contributed by atoms with van der Waals surface area (Å²) in [7, 11) is 1.30. The van der Waals surface area contributed by atoms with Crippen molar-refractivity contribution in [2.75, 3.05) is 13.7 Å². The first-order valence-electron chi connectivity index (χ1n) is 4.89. The Kier molecular flexibility index (Phi) is 2.63. The lowest BCUT2D eigenvalue weighted by atomic mass is 9.97. The number of cyclic esters (lactones) is 1. The second kappa shape index (κ2) is 3.97. The van der Waals surface area contributed by atoms with E-state index >= 15 is 0 Å². The number of methoxy groups -OCH3 is 1. The maximum atomic E-state index is 11.5. The maximum absolute atomic E-state index is 11.5. The van der Waals surface area contributed by atoms with E-state index in [0.717, 1.165) is 0 Å². The molecule has 0 bridgehead atoms. The summed E-state index contributed by atoms with van der Waals surface area (Å²) in [6.07, 6.45) is 0.422. The SMILES string of the molecule is COc1cc2c(c(O)c1C(=O)O)C(=O)OCC2. The molecule has 0 fully saturated rings. The second-order valence-electron chi connectivity index (χ2n) is 3.53. The molecule has 0 amide bonds. The van der Waals surface area contributed by atoms with Gasteiger partial charge in [0, 0.05) is 6.42 Å². The third-order valence-corrected chi connectivity index (χ3v) is 2.59. The molecule has 1 aliphatic rings. The Morgan fingerprint density at radius 1 is 1.53 bits per heavy atom. The number of phenols is 1. The van der Waals surface area contributed by atoms with E-state index in [1.807, 2.05) is 0 Å². The van der Waals surface area contributed by atoms with Crippen LogP contribution in [0.25, 0.3) is 0 Å². The van der Waals surface area contributed by atoms with Crippen LogP contribution in [0.3, 0.4) is 0 Å². The zero-order chi connectivity index (χ0) is 12.6. The number of carbonyl (C=O) groups excluding carboxylic acids is 1. The summed E-state index contributed by atoms with van der Waals surface area (Å²) in [5, 5.41) is 18.8. The van der Waals surface area contributed by atoms with Gasteiger partial charge in [0.05, 0.1) is 13.7 Å². The molecule has 1 aliphatic heterocycles. The number of aromatic hydroxyl groups is 1. The first kappa shape index (κ1) is 11.3. The number of aromatic carboxylic acids is 1. The lowest BCUT2D eigenvalue weighted by molar-refractivity contribution is 0.0476. The predicted molar refractivity (Wildman–Crippen MR) is 55.6 cm³/mol. The number of carbonyl (C=O) groups is 2.